The van der Waals surface area contributed by atoms with Gasteiger partial charge in [-0.25, -0.2) is 4.79 Å². The number of urea groups is 1. The fourth-order valence-corrected chi connectivity index (χ4v) is 2.89. The van der Waals surface area contributed by atoms with Crippen LogP contribution < -0.4 is 10.6 Å². The number of hydrogen-bond donors (Lipinski definition) is 3. The third kappa shape index (κ3) is 5.85. The fraction of sp³-hybridized carbons (Fsp3) is 0.750. The molecule has 0 saturated carbocycles. The minimum Gasteiger partial charge on any atom is -0.387 e. The Morgan fingerprint density at radius 3 is 2.94 bits per heavy atom. The fourth-order valence-electron chi connectivity index (χ4n) is 1.60. The molecule has 1 heterocycles. The lowest BCUT2D eigenvalue weighted by molar-refractivity contribution is 0.0700. The zero-order valence-electron chi connectivity index (χ0n) is 10.00. The standard InChI is InChI=1S/C12H20N2O2S/c1-2-3-4-5-7-13-11(15)14-9-12(16)6-8-17-10-12/h1,16H,3-10H2,(H2,13,14,15). The monoisotopic (exact) mass is 256 g/mol. The molecule has 0 radical (unpaired) electrons. The molecular formula is C12H20N2O2S. The van der Waals surface area contributed by atoms with Gasteiger partial charge in [-0.2, -0.15) is 11.8 Å². The van der Waals surface area contributed by atoms with Gasteiger partial charge < -0.3 is 15.7 Å². The van der Waals surface area contributed by atoms with Gasteiger partial charge in [0.1, 0.15) is 0 Å². The van der Waals surface area contributed by atoms with Crippen LogP contribution in [-0.4, -0.2) is 41.3 Å². The van der Waals surface area contributed by atoms with E-state index >= 15 is 0 Å². The van der Waals surface area contributed by atoms with E-state index in [0.717, 1.165) is 31.4 Å². The highest BCUT2D eigenvalue weighted by molar-refractivity contribution is 7.99. The van der Waals surface area contributed by atoms with E-state index in [-0.39, 0.29) is 6.03 Å². The molecule has 0 aromatic rings. The maximum atomic E-state index is 11.4. The van der Waals surface area contributed by atoms with Crippen LogP contribution in [0, 0.1) is 12.3 Å². The molecule has 4 nitrogen and oxygen atoms in total. The van der Waals surface area contributed by atoms with E-state index in [2.05, 4.69) is 16.6 Å². The molecule has 1 fully saturated rings. The van der Waals surface area contributed by atoms with Crippen LogP contribution in [0.4, 0.5) is 4.79 Å². The van der Waals surface area contributed by atoms with Crippen molar-refractivity contribution in [2.24, 2.45) is 0 Å². The Hall–Kier alpha value is -0.860. The first-order valence-electron chi connectivity index (χ1n) is 5.92. The van der Waals surface area contributed by atoms with Gasteiger partial charge in [0.05, 0.1) is 5.60 Å². The van der Waals surface area contributed by atoms with Crippen molar-refractivity contribution in [1.82, 2.24) is 10.6 Å². The number of carbonyl (C=O) groups is 1. The number of rotatable bonds is 6. The van der Waals surface area contributed by atoms with Crippen molar-refractivity contribution < 1.29 is 9.90 Å². The van der Waals surface area contributed by atoms with Crippen LogP contribution in [0.1, 0.15) is 25.7 Å². The number of amides is 2. The molecule has 0 spiro atoms. The summed E-state index contributed by atoms with van der Waals surface area (Å²) in [6.45, 7) is 0.955. The van der Waals surface area contributed by atoms with Crippen LogP contribution in [0.2, 0.25) is 0 Å². The van der Waals surface area contributed by atoms with Crippen LogP contribution in [0.5, 0.6) is 0 Å². The second-order valence-electron chi connectivity index (χ2n) is 4.30. The number of terminal acetylenes is 1. The van der Waals surface area contributed by atoms with Crippen LogP contribution in [0.25, 0.3) is 0 Å². The Labute approximate surface area is 107 Å². The second kappa shape index (κ2) is 7.46. The van der Waals surface area contributed by atoms with Crippen molar-refractivity contribution in [3.8, 4) is 12.3 Å². The van der Waals surface area contributed by atoms with Gasteiger partial charge in [-0.15, -0.1) is 12.3 Å². The first-order valence-corrected chi connectivity index (χ1v) is 7.07. The van der Waals surface area contributed by atoms with Crippen LogP contribution in [0.3, 0.4) is 0 Å². The Bertz CT molecular complexity index is 283. The third-order valence-corrected chi connectivity index (χ3v) is 3.93. The summed E-state index contributed by atoms with van der Waals surface area (Å²) in [6.07, 6.45) is 8.44. The molecule has 5 heteroatoms. The molecule has 17 heavy (non-hydrogen) atoms. The molecule has 3 N–H and O–H groups in total. The van der Waals surface area contributed by atoms with Crippen molar-refractivity contribution >= 4 is 17.8 Å². The molecule has 1 unspecified atom stereocenters. The highest BCUT2D eigenvalue weighted by Crippen LogP contribution is 2.26. The summed E-state index contributed by atoms with van der Waals surface area (Å²) in [6, 6.07) is -0.212. The average molecular weight is 256 g/mol. The predicted octanol–water partition coefficient (Wildman–Crippen LogP) is 0.957. The Kier molecular flexibility index (Phi) is 6.23. The molecule has 1 atom stereocenters. The van der Waals surface area contributed by atoms with Crippen molar-refractivity contribution in [2.45, 2.75) is 31.3 Å². The summed E-state index contributed by atoms with van der Waals surface area (Å²) in [5, 5.41) is 15.4. The van der Waals surface area contributed by atoms with Gasteiger partial charge >= 0.3 is 6.03 Å². The van der Waals surface area contributed by atoms with Crippen LogP contribution in [-0.2, 0) is 0 Å². The van der Waals surface area contributed by atoms with E-state index in [1.54, 1.807) is 11.8 Å². The van der Waals surface area contributed by atoms with E-state index in [1.807, 2.05) is 0 Å². The van der Waals surface area contributed by atoms with Gasteiger partial charge in [-0.05, 0) is 25.0 Å². The molecule has 1 saturated heterocycles. The number of hydrogen-bond acceptors (Lipinski definition) is 3. The summed E-state index contributed by atoms with van der Waals surface area (Å²) in [5.74, 6) is 4.23. The molecule has 1 rings (SSSR count). The minimum absolute atomic E-state index is 0.212. The summed E-state index contributed by atoms with van der Waals surface area (Å²) >= 11 is 1.72. The number of nitrogens with one attached hydrogen (secondary N) is 2. The molecule has 0 aromatic carbocycles. The Balaban J connectivity index is 2.03. The minimum atomic E-state index is -0.717. The van der Waals surface area contributed by atoms with Crippen molar-refractivity contribution in [3.63, 3.8) is 0 Å². The number of aliphatic hydroxyl groups is 1. The SMILES string of the molecule is C#CCCCCNC(=O)NCC1(O)CCSC1. The molecule has 0 bridgehead atoms. The molecule has 0 aromatic heterocycles. The average Bonchev–Trinajstić information content (AvgIpc) is 2.74. The first kappa shape index (κ1) is 14.2. The topological polar surface area (TPSA) is 61.4 Å². The van der Waals surface area contributed by atoms with Gasteiger partial charge in [-0.1, -0.05) is 0 Å². The highest BCUT2D eigenvalue weighted by Gasteiger charge is 2.31. The maximum absolute atomic E-state index is 11.4. The van der Waals surface area contributed by atoms with E-state index in [0.29, 0.717) is 18.8 Å². The number of carbonyl (C=O) groups excluding carboxylic acids is 1. The summed E-state index contributed by atoms with van der Waals surface area (Å²) in [4.78, 5) is 11.4. The number of thioether (sulfide) groups is 1. The van der Waals surface area contributed by atoms with Gasteiger partial charge in [0.25, 0.3) is 0 Å². The zero-order chi connectivity index (χ0) is 12.6. The predicted molar refractivity (Wildman–Crippen MR) is 71.0 cm³/mol. The van der Waals surface area contributed by atoms with Crippen molar-refractivity contribution in [1.29, 1.82) is 0 Å². The lowest BCUT2D eigenvalue weighted by atomic mass is 10.0. The largest absolute Gasteiger partial charge is 0.387 e. The smallest absolute Gasteiger partial charge is 0.314 e. The Morgan fingerprint density at radius 1 is 1.47 bits per heavy atom. The van der Waals surface area contributed by atoms with Crippen LogP contribution >= 0.6 is 11.8 Å². The maximum Gasteiger partial charge on any atom is 0.314 e. The normalized spacial score (nSPS) is 23.1. The van der Waals surface area contributed by atoms with Gasteiger partial charge in [-0.3, -0.25) is 0 Å². The van der Waals surface area contributed by atoms with Gasteiger partial charge in [0.2, 0.25) is 0 Å². The first-order chi connectivity index (χ1) is 8.16. The van der Waals surface area contributed by atoms with Crippen molar-refractivity contribution in [2.75, 3.05) is 24.6 Å². The van der Waals surface area contributed by atoms with Gasteiger partial charge in [0.15, 0.2) is 0 Å². The Morgan fingerprint density at radius 2 is 2.29 bits per heavy atom. The van der Waals surface area contributed by atoms with E-state index in [9.17, 15) is 9.90 Å². The zero-order valence-corrected chi connectivity index (χ0v) is 10.8. The molecule has 0 aliphatic carbocycles. The summed E-state index contributed by atoms with van der Waals surface area (Å²) in [7, 11) is 0. The highest BCUT2D eigenvalue weighted by atomic mass is 32.2. The lowest BCUT2D eigenvalue weighted by Crippen LogP contribution is -2.46. The van der Waals surface area contributed by atoms with E-state index in [1.165, 1.54) is 0 Å². The lowest BCUT2D eigenvalue weighted by Gasteiger charge is -2.21. The molecule has 96 valence electrons. The molecular weight excluding hydrogens is 236 g/mol. The second-order valence-corrected chi connectivity index (χ2v) is 5.40. The summed E-state index contributed by atoms with van der Waals surface area (Å²) in [5.41, 5.74) is -0.717. The molecule has 1 aliphatic rings. The summed E-state index contributed by atoms with van der Waals surface area (Å²) < 4.78 is 0. The molecule has 1 aliphatic heterocycles. The quantitative estimate of drug-likeness (QED) is 0.490. The number of unbranched alkanes of at least 4 members (excludes halogenated alkanes) is 2. The van der Waals surface area contributed by atoms with E-state index in [4.69, 9.17) is 6.42 Å². The van der Waals surface area contributed by atoms with Crippen molar-refractivity contribution in [3.05, 3.63) is 0 Å². The van der Waals surface area contributed by atoms with E-state index < -0.39 is 5.60 Å². The molecule has 2 amide bonds. The van der Waals surface area contributed by atoms with Crippen LogP contribution in [0.15, 0.2) is 0 Å². The van der Waals surface area contributed by atoms with Gasteiger partial charge in [0, 0.05) is 25.3 Å². The third-order valence-electron chi connectivity index (χ3n) is 2.69.